The summed E-state index contributed by atoms with van der Waals surface area (Å²) in [5.74, 6) is 0.967. The van der Waals surface area contributed by atoms with Gasteiger partial charge in [0, 0.05) is 18.1 Å². The van der Waals surface area contributed by atoms with E-state index in [0.717, 1.165) is 12.1 Å². The van der Waals surface area contributed by atoms with Gasteiger partial charge < -0.3 is 15.4 Å². The number of anilines is 2. The second-order valence-corrected chi connectivity index (χ2v) is 4.64. The molecule has 0 amide bonds. The van der Waals surface area contributed by atoms with Gasteiger partial charge in [-0.25, -0.2) is 0 Å². The molecule has 0 spiro atoms. The predicted molar refractivity (Wildman–Crippen MR) is 83.9 cm³/mol. The van der Waals surface area contributed by atoms with Crippen LogP contribution in [0.2, 0.25) is 5.02 Å². The van der Waals surface area contributed by atoms with Crippen molar-refractivity contribution in [1.29, 1.82) is 0 Å². The summed E-state index contributed by atoms with van der Waals surface area (Å²) in [5.41, 5.74) is 1.09. The van der Waals surface area contributed by atoms with E-state index in [2.05, 4.69) is 25.6 Å². The van der Waals surface area contributed by atoms with Crippen molar-refractivity contribution in [2.24, 2.45) is 0 Å². The Balaban J connectivity index is 2.08. The van der Waals surface area contributed by atoms with Gasteiger partial charge in [-0.2, -0.15) is 15.0 Å². The van der Waals surface area contributed by atoms with Gasteiger partial charge in [-0.1, -0.05) is 23.7 Å². The lowest BCUT2D eigenvalue weighted by atomic mass is 10.2. The van der Waals surface area contributed by atoms with Gasteiger partial charge >= 0.3 is 6.01 Å². The van der Waals surface area contributed by atoms with Crippen LogP contribution in [0, 0.1) is 0 Å². The third kappa shape index (κ3) is 4.75. The summed E-state index contributed by atoms with van der Waals surface area (Å²) in [4.78, 5) is 12.7. The second-order valence-electron chi connectivity index (χ2n) is 4.21. The quantitative estimate of drug-likeness (QED) is 0.819. The molecule has 7 heteroatoms. The Morgan fingerprint density at radius 1 is 1.00 bits per heavy atom. The largest absolute Gasteiger partial charge is 0.464 e. The van der Waals surface area contributed by atoms with Gasteiger partial charge in [0.25, 0.3) is 0 Å². The minimum Gasteiger partial charge on any atom is -0.464 e. The number of benzene rings is 1. The Kier molecular flexibility index (Phi) is 5.57. The van der Waals surface area contributed by atoms with E-state index in [1.165, 1.54) is 0 Å². The highest BCUT2D eigenvalue weighted by molar-refractivity contribution is 6.30. The standard InChI is InChI=1S/C14H18ClN5O/c1-3-16-12-18-13(20-14(19-12)21-4-2)17-9-10-5-7-11(15)8-6-10/h5-8H,3-4,9H2,1-2H3,(H2,16,17,18,19,20). The molecule has 2 aromatic rings. The highest BCUT2D eigenvalue weighted by Crippen LogP contribution is 2.13. The van der Waals surface area contributed by atoms with Crippen molar-refractivity contribution in [3.05, 3.63) is 34.9 Å². The Hall–Kier alpha value is -2.08. The molecular weight excluding hydrogens is 290 g/mol. The van der Waals surface area contributed by atoms with E-state index in [-0.39, 0.29) is 0 Å². The summed E-state index contributed by atoms with van der Waals surface area (Å²) in [6, 6.07) is 7.90. The Morgan fingerprint density at radius 2 is 1.67 bits per heavy atom. The van der Waals surface area contributed by atoms with E-state index >= 15 is 0 Å². The first kappa shape index (κ1) is 15.3. The molecule has 0 bridgehead atoms. The maximum Gasteiger partial charge on any atom is 0.323 e. The van der Waals surface area contributed by atoms with E-state index in [9.17, 15) is 0 Å². The number of rotatable bonds is 7. The van der Waals surface area contributed by atoms with Crippen LogP contribution >= 0.6 is 11.6 Å². The van der Waals surface area contributed by atoms with Gasteiger partial charge in [0.05, 0.1) is 6.61 Å². The monoisotopic (exact) mass is 307 g/mol. The van der Waals surface area contributed by atoms with Gasteiger partial charge in [-0.3, -0.25) is 0 Å². The molecule has 1 aromatic heterocycles. The summed E-state index contributed by atoms with van der Waals surface area (Å²) in [5, 5.41) is 6.92. The Labute approximate surface area is 128 Å². The molecule has 0 saturated carbocycles. The smallest absolute Gasteiger partial charge is 0.323 e. The van der Waals surface area contributed by atoms with E-state index in [4.69, 9.17) is 16.3 Å². The van der Waals surface area contributed by atoms with Crippen molar-refractivity contribution in [2.75, 3.05) is 23.8 Å². The van der Waals surface area contributed by atoms with Crippen molar-refractivity contribution in [3.63, 3.8) is 0 Å². The van der Waals surface area contributed by atoms with E-state index in [1.807, 2.05) is 38.1 Å². The number of nitrogens with zero attached hydrogens (tertiary/aromatic N) is 3. The molecule has 0 unspecified atom stereocenters. The van der Waals surface area contributed by atoms with E-state index < -0.39 is 0 Å². The lowest BCUT2D eigenvalue weighted by molar-refractivity contribution is 0.312. The molecule has 0 aliphatic rings. The molecule has 112 valence electrons. The first-order valence-electron chi connectivity index (χ1n) is 6.82. The molecule has 2 N–H and O–H groups in total. The number of aromatic nitrogens is 3. The van der Waals surface area contributed by atoms with Gasteiger partial charge in [0.15, 0.2) is 0 Å². The number of halogens is 1. The SMILES string of the molecule is CCNc1nc(NCc2ccc(Cl)cc2)nc(OCC)n1. The third-order valence-corrected chi connectivity index (χ3v) is 2.84. The van der Waals surface area contributed by atoms with Gasteiger partial charge in [-0.05, 0) is 31.5 Å². The van der Waals surface area contributed by atoms with Crippen molar-refractivity contribution in [2.45, 2.75) is 20.4 Å². The molecule has 2 rings (SSSR count). The van der Waals surface area contributed by atoms with Crippen molar-refractivity contribution >= 4 is 23.5 Å². The van der Waals surface area contributed by atoms with Crippen molar-refractivity contribution in [1.82, 2.24) is 15.0 Å². The summed E-state index contributed by atoms with van der Waals surface area (Å²) in [6.07, 6.45) is 0. The van der Waals surface area contributed by atoms with Crippen LogP contribution in [0.15, 0.2) is 24.3 Å². The Morgan fingerprint density at radius 3 is 2.29 bits per heavy atom. The van der Waals surface area contributed by atoms with Crippen LogP contribution in [-0.2, 0) is 6.54 Å². The second kappa shape index (κ2) is 7.64. The molecule has 0 saturated heterocycles. The van der Waals surface area contributed by atoms with Crippen LogP contribution in [0.3, 0.4) is 0 Å². The van der Waals surface area contributed by atoms with E-state index in [0.29, 0.717) is 36.1 Å². The van der Waals surface area contributed by atoms with Crippen LogP contribution in [0.4, 0.5) is 11.9 Å². The zero-order valence-corrected chi connectivity index (χ0v) is 12.8. The third-order valence-electron chi connectivity index (χ3n) is 2.59. The Bertz CT molecular complexity index is 552. The normalized spacial score (nSPS) is 10.2. The summed E-state index contributed by atoms with van der Waals surface area (Å²) in [6.45, 7) is 5.69. The molecule has 0 aliphatic heterocycles. The fourth-order valence-electron chi connectivity index (χ4n) is 1.65. The first-order chi connectivity index (χ1) is 10.2. The van der Waals surface area contributed by atoms with Crippen LogP contribution < -0.4 is 15.4 Å². The van der Waals surface area contributed by atoms with Crippen LogP contribution in [0.5, 0.6) is 6.01 Å². The van der Waals surface area contributed by atoms with Crippen LogP contribution in [0.25, 0.3) is 0 Å². The summed E-state index contributed by atoms with van der Waals surface area (Å²) in [7, 11) is 0. The van der Waals surface area contributed by atoms with Crippen molar-refractivity contribution in [3.8, 4) is 6.01 Å². The molecule has 0 aliphatic carbocycles. The van der Waals surface area contributed by atoms with Gasteiger partial charge in [0.1, 0.15) is 0 Å². The van der Waals surface area contributed by atoms with Crippen LogP contribution in [0.1, 0.15) is 19.4 Å². The number of ether oxygens (including phenoxy) is 1. The van der Waals surface area contributed by atoms with Crippen molar-refractivity contribution < 1.29 is 4.74 Å². The predicted octanol–water partition coefficient (Wildman–Crippen LogP) is 2.97. The van der Waals surface area contributed by atoms with Gasteiger partial charge in [0.2, 0.25) is 11.9 Å². The first-order valence-corrected chi connectivity index (χ1v) is 7.20. The minimum absolute atomic E-state index is 0.307. The maximum atomic E-state index is 5.86. The minimum atomic E-state index is 0.307. The molecule has 1 aromatic carbocycles. The average molecular weight is 308 g/mol. The van der Waals surface area contributed by atoms with Crippen LogP contribution in [-0.4, -0.2) is 28.1 Å². The zero-order chi connectivity index (χ0) is 15.1. The molecule has 21 heavy (non-hydrogen) atoms. The fourth-order valence-corrected chi connectivity index (χ4v) is 1.78. The van der Waals surface area contributed by atoms with E-state index in [1.54, 1.807) is 0 Å². The maximum absolute atomic E-state index is 5.86. The average Bonchev–Trinajstić information content (AvgIpc) is 2.47. The number of nitrogens with one attached hydrogen (secondary N) is 2. The highest BCUT2D eigenvalue weighted by atomic mass is 35.5. The lowest BCUT2D eigenvalue weighted by Gasteiger charge is -2.09. The number of hydrogen-bond donors (Lipinski definition) is 2. The molecule has 0 fully saturated rings. The molecule has 0 atom stereocenters. The number of hydrogen-bond acceptors (Lipinski definition) is 6. The topological polar surface area (TPSA) is 72.0 Å². The summed E-state index contributed by atoms with van der Waals surface area (Å²) < 4.78 is 5.34. The molecular formula is C14H18ClN5O. The zero-order valence-electron chi connectivity index (χ0n) is 12.1. The van der Waals surface area contributed by atoms with Gasteiger partial charge in [-0.15, -0.1) is 0 Å². The molecule has 6 nitrogen and oxygen atoms in total. The molecule has 1 heterocycles. The highest BCUT2D eigenvalue weighted by Gasteiger charge is 2.06. The lowest BCUT2D eigenvalue weighted by Crippen LogP contribution is -2.10. The molecule has 0 radical (unpaired) electrons. The summed E-state index contributed by atoms with van der Waals surface area (Å²) >= 11 is 5.86. The fraction of sp³-hybridized carbons (Fsp3) is 0.357.